The van der Waals surface area contributed by atoms with Crippen LogP contribution >= 0.6 is 11.9 Å². The molecule has 1 aliphatic heterocycles. The lowest BCUT2D eigenvalue weighted by molar-refractivity contribution is -0.795. The number of rotatable bonds is 13. The zero-order valence-corrected chi connectivity index (χ0v) is 25.2. The monoisotopic (exact) mass is 582 g/mol. The third-order valence-electron chi connectivity index (χ3n) is 9.04. The number of alkyl halides is 2. The summed E-state index contributed by atoms with van der Waals surface area (Å²) in [5.41, 5.74) is 8.96. The molecule has 0 unspecified atom stereocenters. The van der Waals surface area contributed by atoms with Crippen molar-refractivity contribution in [1.82, 2.24) is 0 Å². The number of amidine groups is 1. The maximum absolute atomic E-state index is 12.8. The highest BCUT2D eigenvalue weighted by Gasteiger charge is 2.50. The van der Waals surface area contributed by atoms with Crippen LogP contribution in [-0.4, -0.2) is 64.5 Å². The standard InChI is InChI=1S/C30H46F2N4O3S/c1-21-19-23(6-4-5-22(2)37)7-10-25(21)13-18-40-36(3)16-14-30(15-17-36,29(33)38)34-28(35-39)26-11-8-24(9-12-26)20-27(31)32/h7,10,19,24,26-27H,4-6,8-9,11-18,20H2,1-3H3,(H3-,33,34,35,38,39)/p+2. The van der Waals surface area contributed by atoms with Gasteiger partial charge in [-0.05, 0) is 86.6 Å². The zero-order valence-electron chi connectivity index (χ0n) is 24.3. The van der Waals surface area contributed by atoms with Crippen LogP contribution in [0.3, 0.4) is 0 Å². The molecule has 1 aliphatic carbocycles. The number of hydrogen-bond acceptors (Lipinski definition) is 5. The van der Waals surface area contributed by atoms with Gasteiger partial charge in [0.05, 0.1) is 56.6 Å². The Bertz CT molecular complexity index is 1040. The number of piperidine rings is 1. The highest BCUT2D eigenvalue weighted by atomic mass is 32.2. The summed E-state index contributed by atoms with van der Waals surface area (Å²) in [4.78, 5) is 23.9. The highest BCUT2D eigenvalue weighted by Crippen LogP contribution is 2.34. The molecular weight excluding hydrogens is 534 g/mol. The Morgan fingerprint density at radius 2 is 1.88 bits per heavy atom. The van der Waals surface area contributed by atoms with E-state index in [0.29, 0.717) is 50.8 Å². The summed E-state index contributed by atoms with van der Waals surface area (Å²) < 4.78 is 26.3. The number of primary amides is 1. The van der Waals surface area contributed by atoms with Crippen LogP contribution in [0.4, 0.5) is 8.78 Å². The van der Waals surface area contributed by atoms with Gasteiger partial charge in [0.1, 0.15) is 5.78 Å². The Morgan fingerprint density at radius 3 is 2.42 bits per heavy atom. The normalized spacial score (nSPS) is 27.6. The molecule has 7 nitrogen and oxygen atoms in total. The van der Waals surface area contributed by atoms with Crippen molar-refractivity contribution in [2.75, 3.05) is 25.9 Å². The van der Waals surface area contributed by atoms with Crippen LogP contribution in [0.1, 0.15) is 81.4 Å². The number of oxime groups is 1. The summed E-state index contributed by atoms with van der Waals surface area (Å²) in [7, 11) is 2.20. The van der Waals surface area contributed by atoms with E-state index in [9.17, 15) is 23.6 Å². The SMILES string of the molecule is CC(=O)CCCc1ccc(CCS[N+]2(C)CCC([NH2+]C(=NO)C3CCC(CC(F)F)CC3)(C(N)=O)CC2)c(C)c1. The van der Waals surface area contributed by atoms with Crippen LogP contribution < -0.4 is 11.1 Å². The molecule has 2 aliphatic rings. The van der Waals surface area contributed by atoms with Crippen molar-refractivity contribution in [2.45, 2.75) is 96.4 Å². The molecule has 0 bridgehead atoms. The van der Waals surface area contributed by atoms with Crippen molar-refractivity contribution in [2.24, 2.45) is 22.7 Å². The number of aryl methyl sites for hydroxylation is 3. The van der Waals surface area contributed by atoms with Gasteiger partial charge >= 0.3 is 0 Å². The second-order valence-electron chi connectivity index (χ2n) is 12.2. The fourth-order valence-corrected chi connectivity index (χ4v) is 7.46. The van der Waals surface area contributed by atoms with Gasteiger partial charge in [0.2, 0.25) is 12.3 Å². The summed E-state index contributed by atoms with van der Waals surface area (Å²) in [6.07, 6.45) is 4.93. The topological polar surface area (TPSA) is 109 Å². The second-order valence-corrected chi connectivity index (χ2v) is 13.7. The highest BCUT2D eigenvalue weighted by molar-refractivity contribution is 7.93. The summed E-state index contributed by atoms with van der Waals surface area (Å²) in [6.45, 7) is 5.34. The van der Waals surface area contributed by atoms with Gasteiger partial charge < -0.3 is 15.7 Å². The predicted molar refractivity (Wildman–Crippen MR) is 155 cm³/mol. The number of likely N-dealkylation sites (tertiary alicyclic amines) is 1. The van der Waals surface area contributed by atoms with Gasteiger partial charge in [0.25, 0.3) is 5.91 Å². The number of nitrogens with zero attached hydrogens (tertiary/aromatic N) is 2. The number of benzene rings is 1. The van der Waals surface area contributed by atoms with Gasteiger partial charge in [-0.25, -0.2) is 8.78 Å². The molecule has 0 aromatic heterocycles. The van der Waals surface area contributed by atoms with E-state index in [0.717, 1.165) is 42.0 Å². The fraction of sp³-hybridized carbons (Fsp3) is 0.700. The van der Waals surface area contributed by atoms with E-state index in [1.807, 2.05) is 11.9 Å². The number of halogens is 2. The van der Waals surface area contributed by atoms with Crippen molar-refractivity contribution in [3.05, 3.63) is 34.9 Å². The number of carbonyl (C=O) groups excluding carboxylic acids is 2. The van der Waals surface area contributed by atoms with Gasteiger partial charge in [0, 0.05) is 12.8 Å². The Kier molecular flexibility index (Phi) is 12.0. The first-order valence-electron chi connectivity index (χ1n) is 14.7. The van der Waals surface area contributed by atoms with Crippen LogP contribution in [0.2, 0.25) is 0 Å². The zero-order chi connectivity index (χ0) is 29.3. The molecule has 0 radical (unpaired) electrons. The number of Topliss-reactive ketones (excluding diaryl/α,β-unsaturated/α-hetero) is 1. The lowest BCUT2D eigenvalue weighted by atomic mass is 9.79. The Hall–Kier alpha value is -2.04. The number of hydrogen-bond donors (Lipinski definition) is 3. The lowest BCUT2D eigenvalue weighted by Crippen LogP contribution is -3.04. The van der Waals surface area contributed by atoms with E-state index in [1.54, 1.807) is 12.2 Å². The predicted octanol–water partition coefficient (Wildman–Crippen LogP) is 4.37. The maximum Gasteiger partial charge on any atom is 0.279 e. The molecule has 0 atom stereocenters. The molecule has 5 N–H and O–H groups in total. The minimum Gasteiger partial charge on any atom is -0.406 e. The number of ketones is 1. The third kappa shape index (κ3) is 9.24. The van der Waals surface area contributed by atoms with Crippen molar-refractivity contribution in [1.29, 1.82) is 0 Å². The lowest BCUT2D eigenvalue weighted by Gasteiger charge is -2.42. The van der Waals surface area contributed by atoms with Crippen molar-refractivity contribution < 1.29 is 32.8 Å². The molecule has 1 amide bonds. The maximum atomic E-state index is 12.8. The summed E-state index contributed by atoms with van der Waals surface area (Å²) in [5.74, 6) is 1.26. The minimum absolute atomic E-state index is 0.00507. The molecule has 1 saturated carbocycles. The van der Waals surface area contributed by atoms with Crippen LogP contribution in [-0.2, 0) is 22.4 Å². The molecule has 10 heteroatoms. The molecular formula is C30H48F2N4O3S+2. The first-order chi connectivity index (χ1) is 18.9. The Balaban J connectivity index is 1.51. The van der Waals surface area contributed by atoms with Crippen LogP contribution in [0, 0.1) is 18.8 Å². The number of amides is 1. The first-order valence-corrected chi connectivity index (χ1v) is 15.6. The number of carbonyl (C=O) groups is 2. The van der Waals surface area contributed by atoms with Gasteiger partial charge in [-0.3, -0.25) is 14.0 Å². The quantitative estimate of drug-likeness (QED) is 0.0801. The van der Waals surface area contributed by atoms with Gasteiger partial charge in [0.15, 0.2) is 5.54 Å². The van der Waals surface area contributed by atoms with E-state index < -0.39 is 17.9 Å². The number of nitrogens with two attached hydrogens (primary N) is 2. The van der Waals surface area contributed by atoms with Gasteiger partial charge in [-0.2, -0.15) is 0 Å². The molecule has 1 aromatic carbocycles. The molecule has 3 rings (SSSR count). The van der Waals surface area contributed by atoms with E-state index in [4.69, 9.17) is 5.73 Å². The van der Waals surface area contributed by atoms with Crippen LogP contribution in [0.5, 0.6) is 0 Å². The van der Waals surface area contributed by atoms with Crippen LogP contribution in [0.15, 0.2) is 23.4 Å². The first kappa shape index (κ1) is 32.5. The summed E-state index contributed by atoms with van der Waals surface area (Å²) in [6, 6.07) is 6.62. The van der Waals surface area contributed by atoms with E-state index in [2.05, 4.69) is 37.3 Å². The molecule has 1 heterocycles. The molecule has 1 saturated heterocycles. The van der Waals surface area contributed by atoms with Crippen molar-refractivity contribution >= 4 is 29.5 Å². The Labute approximate surface area is 242 Å². The second kappa shape index (κ2) is 14.7. The minimum atomic E-state index is -2.29. The van der Waals surface area contributed by atoms with Crippen molar-refractivity contribution in [3.63, 3.8) is 0 Å². The molecule has 224 valence electrons. The molecule has 2 fully saturated rings. The molecule has 0 spiro atoms. The van der Waals surface area contributed by atoms with Crippen LogP contribution in [0.25, 0.3) is 0 Å². The average Bonchev–Trinajstić information content (AvgIpc) is 2.90. The largest absolute Gasteiger partial charge is 0.406 e. The fourth-order valence-electron chi connectivity index (χ4n) is 6.27. The third-order valence-corrected chi connectivity index (χ3v) is 10.4. The van der Waals surface area contributed by atoms with Gasteiger partial charge in [-0.1, -0.05) is 18.2 Å². The number of quaternary nitrogens is 2. The Morgan fingerprint density at radius 1 is 1.20 bits per heavy atom. The summed E-state index contributed by atoms with van der Waals surface area (Å²) in [5, 5.41) is 15.2. The smallest absolute Gasteiger partial charge is 0.279 e. The molecule has 1 aromatic rings. The average molecular weight is 583 g/mol. The van der Waals surface area contributed by atoms with Gasteiger partial charge in [-0.15, -0.1) is 0 Å². The summed E-state index contributed by atoms with van der Waals surface area (Å²) >= 11 is 1.89. The van der Waals surface area contributed by atoms with Crippen molar-refractivity contribution in [3.8, 4) is 0 Å². The van der Waals surface area contributed by atoms with E-state index >= 15 is 0 Å². The molecule has 40 heavy (non-hydrogen) atoms. The van der Waals surface area contributed by atoms with E-state index in [1.165, 1.54) is 16.7 Å². The van der Waals surface area contributed by atoms with E-state index in [-0.39, 0.29) is 24.0 Å².